The van der Waals surface area contributed by atoms with E-state index in [0.717, 1.165) is 43.7 Å². The summed E-state index contributed by atoms with van der Waals surface area (Å²) in [6.07, 6.45) is 3.59. The summed E-state index contributed by atoms with van der Waals surface area (Å²) in [5.74, 6) is 2.04. The Balaban J connectivity index is 1.45. The monoisotopic (exact) mass is 384 g/mol. The lowest BCUT2D eigenvalue weighted by atomic mass is 9.85. The highest BCUT2D eigenvalue weighted by molar-refractivity contribution is 5.43. The summed E-state index contributed by atoms with van der Waals surface area (Å²) >= 11 is 0. The molecule has 0 amide bonds. The Hall–Kier alpha value is -2.15. The van der Waals surface area contributed by atoms with E-state index in [1.165, 1.54) is 0 Å². The summed E-state index contributed by atoms with van der Waals surface area (Å²) in [5, 5.41) is 20.3. The van der Waals surface area contributed by atoms with E-state index in [-0.39, 0.29) is 19.1 Å². The molecule has 0 spiro atoms. The highest BCUT2D eigenvalue weighted by Crippen LogP contribution is 2.50. The van der Waals surface area contributed by atoms with Crippen LogP contribution in [0.25, 0.3) is 0 Å². The van der Waals surface area contributed by atoms with E-state index in [2.05, 4.69) is 9.88 Å². The van der Waals surface area contributed by atoms with Gasteiger partial charge >= 0.3 is 0 Å². The number of benzene rings is 1. The van der Waals surface area contributed by atoms with Gasteiger partial charge in [-0.25, -0.2) is 0 Å². The molecule has 2 fully saturated rings. The largest absolute Gasteiger partial charge is 0.493 e. The first-order valence-electron chi connectivity index (χ1n) is 9.91. The second-order valence-electron chi connectivity index (χ2n) is 7.80. The number of likely N-dealkylation sites (tertiary alicyclic amines) is 1. The number of methoxy groups -OCH3 is 1. The van der Waals surface area contributed by atoms with Crippen LogP contribution in [-0.4, -0.2) is 53.5 Å². The lowest BCUT2D eigenvalue weighted by Gasteiger charge is -2.29. The zero-order valence-corrected chi connectivity index (χ0v) is 16.3. The van der Waals surface area contributed by atoms with Crippen LogP contribution < -0.4 is 9.47 Å². The van der Waals surface area contributed by atoms with Crippen LogP contribution in [0.2, 0.25) is 0 Å². The number of aliphatic hydroxyl groups is 2. The maximum Gasteiger partial charge on any atom is 0.161 e. The average Bonchev–Trinajstić information content (AvgIpc) is 3.27. The van der Waals surface area contributed by atoms with Crippen molar-refractivity contribution in [1.29, 1.82) is 0 Å². The summed E-state index contributed by atoms with van der Waals surface area (Å²) in [6.45, 7) is 2.88. The van der Waals surface area contributed by atoms with Crippen molar-refractivity contribution in [3.63, 3.8) is 0 Å². The Morgan fingerprint density at radius 1 is 1.21 bits per heavy atom. The van der Waals surface area contributed by atoms with Crippen molar-refractivity contribution < 1.29 is 19.7 Å². The van der Waals surface area contributed by atoms with E-state index in [1.54, 1.807) is 13.3 Å². The Morgan fingerprint density at radius 2 is 2.11 bits per heavy atom. The quantitative estimate of drug-likeness (QED) is 0.762. The van der Waals surface area contributed by atoms with E-state index in [4.69, 9.17) is 14.6 Å². The van der Waals surface area contributed by atoms with Crippen molar-refractivity contribution in [3.05, 3.63) is 53.9 Å². The van der Waals surface area contributed by atoms with Crippen LogP contribution in [0.15, 0.2) is 42.6 Å². The fourth-order valence-electron chi connectivity index (χ4n) is 4.79. The van der Waals surface area contributed by atoms with Gasteiger partial charge in [0.05, 0.1) is 19.4 Å². The molecule has 2 N–H and O–H groups in total. The number of pyridine rings is 1. The van der Waals surface area contributed by atoms with Gasteiger partial charge in [-0.3, -0.25) is 9.88 Å². The zero-order valence-electron chi connectivity index (χ0n) is 16.3. The fraction of sp³-hybridized carbons (Fsp3) is 0.500. The number of fused-ring (bicyclic) bond motifs is 1. The van der Waals surface area contributed by atoms with Crippen molar-refractivity contribution in [1.82, 2.24) is 9.88 Å². The summed E-state index contributed by atoms with van der Waals surface area (Å²) in [4.78, 5) is 6.85. The van der Waals surface area contributed by atoms with E-state index < -0.39 is 5.60 Å². The van der Waals surface area contributed by atoms with E-state index in [0.29, 0.717) is 17.4 Å². The molecule has 3 atom stereocenters. The zero-order chi connectivity index (χ0) is 19.6. The third kappa shape index (κ3) is 3.60. The molecule has 0 unspecified atom stereocenters. The molecule has 150 valence electrons. The Kier molecular flexibility index (Phi) is 5.53. The molecule has 0 bridgehead atoms. The molecular formula is C22H28N2O4. The highest BCUT2D eigenvalue weighted by Gasteiger charge is 2.52. The van der Waals surface area contributed by atoms with Gasteiger partial charge in [0.2, 0.25) is 0 Å². The summed E-state index contributed by atoms with van der Waals surface area (Å²) in [7, 11) is 1.62. The minimum Gasteiger partial charge on any atom is -0.493 e. The third-order valence-electron chi connectivity index (χ3n) is 6.12. The first kappa shape index (κ1) is 19.2. The van der Waals surface area contributed by atoms with E-state index in [1.807, 2.05) is 36.4 Å². The number of nitrogens with zero attached hydrogens (tertiary/aromatic N) is 2. The van der Waals surface area contributed by atoms with Crippen molar-refractivity contribution in [2.45, 2.75) is 25.0 Å². The number of ether oxygens (including phenoxy) is 2. The number of hydrogen-bond acceptors (Lipinski definition) is 6. The topological polar surface area (TPSA) is 75.1 Å². The summed E-state index contributed by atoms with van der Waals surface area (Å²) in [5.41, 5.74) is 1.13. The predicted octanol–water partition coefficient (Wildman–Crippen LogP) is 2.19. The predicted molar refractivity (Wildman–Crippen MR) is 105 cm³/mol. The van der Waals surface area contributed by atoms with Gasteiger partial charge in [0.15, 0.2) is 11.5 Å². The van der Waals surface area contributed by atoms with Crippen LogP contribution in [-0.2, 0) is 12.1 Å². The van der Waals surface area contributed by atoms with Crippen molar-refractivity contribution in [3.8, 4) is 11.5 Å². The molecule has 1 saturated heterocycles. The van der Waals surface area contributed by atoms with Gasteiger partial charge in [-0.05, 0) is 48.6 Å². The van der Waals surface area contributed by atoms with E-state index in [9.17, 15) is 5.11 Å². The highest BCUT2D eigenvalue weighted by atomic mass is 16.5. The van der Waals surface area contributed by atoms with Crippen molar-refractivity contribution >= 4 is 0 Å². The summed E-state index contributed by atoms with van der Waals surface area (Å²) < 4.78 is 11.0. The van der Waals surface area contributed by atoms with Gasteiger partial charge in [0.1, 0.15) is 12.2 Å². The van der Waals surface area contributed by atoms with Gasteiger partial charge in [-0.1, -0.05) is 12.1 Å². The molecule has 1 aliphatic heterocycles. The molecule has 6 heteroatoms. The van der Waals surface area contributed by atoms with Gasteiger partial charge in [0.25, 0.3) is 0 Å². The average molecular weight is 384 g/mol. The Morgan fingerprint density at radius 3 is 2.86 bits per heavy atom. The fourth-order valence-corrected chi connectivity index (χ4v) is 4.79. The maximum absolute atomic E-state index is 11.4. The molecule has 1 aromatic carbocycles. The van der Waals surface area contributed by atoms with Gasteiger partial charge < -0.3 is 19.7 Å². The molecule has 2 heterocycles. The molecule has 28 heavy (non-hydrogen) atoms. The molecule has 4 rings (SSSR count). The van der Waals surface area contributed by atoms with Crippen LogP contribution in [0.5, 0.6) is 11.5 Å². The van der Waals surface area contributed by atoms with Crippen LogP contribution >= 0.6 is 0 Å². The van der Waals surface area contributed by atoms with Crippen LogP contribution in [0.4, 0.5) is 0 Å². The normalized spacial score (nSPS) is 27.0. The molecule has 2 aliphatic rings. The molecule has 0 radical (unpaired) electrons. The number of aliphatic hydroxyl groups excluding tert-OH is 1. The molecule has 1 saturated carbocycles. The molecule has 6 nitrogen and oxygen atoms in total. The first-order chi connectivity index (χ1) is 13.6. The van der Waals surface area contributed by atoms with Gasteiger partial charge in [-0.2, -0.15) is 0 Å². The molecule has 1 aliphatic carbocycles. The minimum atomic E-state index is -0.819. The van der Waals surface area contributed by atoms with Crippen LogP contribution in [0, 0.1) is 11.8 Å². The number of hydrogen-bond donors (Lipinski definition) is 2. The van der Waals surface area contributed by atoms with Crippen LogP contribution in [0.3, 0.4) is 0 Å². The second-order valence-corrected chi connectivity index (χ2v) is 7.80. The standard InChI is InChI=1S/C22H28N2O4/c1-27-20-12-16(5-6-19(20)28-11-10-25)13-24-14-17-7-8-22(26,18(17)15-24)21-4-2-3-9-23-21/h2-6,9,12,17-18,25-26H,7-8,10-11,13-15H2,1H3/t17-,18+,22-/m0/s1. The number of aromatic nitrogens is 1. The summed E-state index contributed by atoms with van der Waals surface area (Å²) in [6, 6.07) is 11.7. The Bertz CT molecular complexity index is 800. The van der Waals surface area contributed by atoms with Crippen molar-refractivity contribution in [2.75, 3.05) is 33.4 Å². The van der Waals surface area contributed by atoms with Crippen molar-refractivity contribution in [2.24, 2.45) is 11.8 Å². The van der Waals surface area contributed by atoms with Gasteiger partial charge in [0, 0.05) is 31.7 Å². The SMILES string of the molecule is COc1cc(CN2C[C@@H]3CC[C@@](O)(c4ccccn4)[C@@H]3C2)ccc1OCCO. The third-order valence-corrected chi connectivity index (χ3v) is 6.12. The second kappa shape index (κ2) is 8.07. The lowest BCUT2D eigenvalue weighted by molar-refractivity contribution is -0.0108. The molecule has 1 aromatic heterocycles. The maximum atomic E-state index is 11.4. The smallest absolute Gasteiger partial charge is 0.161 e. The van der Waals surface area contributed by atoms with Gasteiger partial charge in [-0.15, -0.1) is 0 Å². The molecular weight excluding hydrogens is 356 g/mol. The minimum absolute atomic E-state index is 0.0271. The number of rotatable bonds is 7. The van der Waals surface area contributed by atoms with Crippen LogP contribution in [0.1, 0.15) is 24.1 Å². The first-order valence-corrected chi connectivity index (χ1v) is 9.91. The molecule has 2 aromatic rings. The van der Waals surface area contributed by atoms with E-state index >= 15 is 0 Å². The lowest BCUT2D eigenvalue weighted by Crippen LogP contribution is -2.35. The Labute approximate surface area is 165 Å².